The van der Waals surface area contributed by atoms with Gasteiger partial charge in [0.1, 0.15) is 4.75 Å². The molecule has 2 rings (SSSR count). The summed E-state index contributed by atoms with van der Waals surface area (Å²) in [6.07, 6.45) is 4.51. The van der Waals surface area contributed by atoms with Crippen molar-refractivity contribution in [2.45, 2.75) is 63.7 Å². The second-order valence-corrected chi connectivity index (χ2v) is 9.09. The summed E-state index contributed by atoms with van der Waals surface area (Å²) < 4.78 is 32.2. The molecule has 20 heavy (non-hydrogen) atoms. The summed E-state index contributed by atoms with van der Waals surface area (Å²) in [5.74, 6) is -0.0890. The van der Waals surface area contributed by atoms with Crippen LogP contribution in [-0.4, -0.2) is 28.4 Å². The van der Waals surface area contributed by atoms with Crippen molar-refractivity contribution in [2.24, 2.45) is 17.8 Å². The zero-order chi connectivity index (χ0) is 15.3. The monoisotopic (exact) mass is 302 g/mol. The minimum absolute atomic E-state index is 0.106. The first-order chi connectivity index (χ1) is 8.99. The molecule has 0 aromatic heterocycles. The van der Waals surface area contributed by atoms with Gasteiger partial charge in [0, 0.05) is 5.92 Å². The van der Waals surface area contributed by atoms with Crippen molar-refractivity contribution in [3.05, 3.63) is 11.6 Å². The summed E-state index contributed by atoms with van der Waals surface area (Å²) in [7, 11) is -4.14. The number of allylic oxidation sites excluding steroid dienone is 2. The molecule has 0 spiro atoms. The van der Waals surface area contributed by atoms with Crippen molar-refractivity contribution < 1.29 is 18.1 Å². The highest BCUT2D eigenvalue weighted by Crippen LogP contribution is 2.53. The lowest BCUT2D eigenvalue weighted by atomic mass is 9.78. The lowest BCUT2D eigenvalue weighted by Crippen LogP contribution is -2.44. The Morgan fingerprint density at radius 1 is 1.30 bits per heavy atom. The van der Waals surface area contributed by atoms with Crippen LogP contribution in [0.3, 0.4) is 0 Å². The molecule has 0 aromatic carbocycles. The Balaban J connectivity index is 2.53. The van der Waals surface area contributed by atoms with Crippen molar-refractivity contribution in [3.8, 4) is 0 Å². The average molecular weight is 302 g/mol. The number of aliphatic hydroxyl groups is 1. The standard InChI is InChI=1S/C15H26O4S/c1-10(2)11-5-7-14(3,16)12-6-8-15(4,13(12)9-11)20(17,18)19/h9-10,12-13,16H,5-8H2,1-4H3,(H,17,18,19)/t12-,13+,14-,15+/m0/s1. The van der Waals surface area contributed by atoms with Gasteiger partial charge in [-0.1, -0.05) is 25.5 Å². The van der Waals surface area contributed by atoms with E-state index in [4.69, 9.17) is 0 Å². The first-order valence-electron chi connectivity index (χ1n) is 7.39. The third-order valence-corrected chi connectivity index (χ3v) is 7.19. The summed E-state index contributed by atoms with van der Waals surface area (Å²) in [5.41, 5.74) is 0.315. The molecule has 2 aliphatic rings. The van der Waals surface area contributed by atoms with Gasteiger partial charge in [-0.05, 0) is 51.4 Å². The maximum Gasteiger partial charge on any atom is 0.270 e. The largest absolute Gasteiger partial charge is 0.390 e. The summed E-state index contributed by atoms with van der Waals surface area (Å²) in [4.78, 5) is 0. The average Bonchev–Trinajstić information content (AvgIpc) is 2.55. The summed E-state index contributed by atoms with van der Waals surface area (Å²) in [6.45, 7) is 7.58. The Morgan fingerprint density at radius 2 is 1.90 bits per heavy atom. The van der Waals surface area contributed by atoms with E-state index < -0.39 is 20.5 Å². The Hall–Kier alpha value is -0.390. The first-order valence-corrected chi connectivity index (χ1v) is 8.83. The zero-order valence-electron chi connectivity index (χ0n) is 12.8. The fourth-order valence-corrected chi connectivity index (χ4v) is 4.84. The van der Waals surface area contributed by atoms with E-state index in [0.717, 1.165) is 6.42 Å². The van der Waals surface area contributed by atoms with Crippen molar-refractivity contribution in [1.29, 1.82) is 0 Å². The van der Waals surface area contributed by atoms with Crippen LogP contribution in [0.5, 0.6) is 0 Å². The highest BCUT2D eigenvalue weighted by molar-refractivity contribution is 7.87. The smallest absolute Gasteiger partial charge is 0.270 e. The van der Waals surface area contributed by atoms with Gasteiger partial charge in [-0.15, -0.1) is 0 Å². The molecule has 4 atom stereocenters. The molecule has 0 heterocycles. The molecule has 5 heteroatoms. The SMILES string of the molecule is CC(C)C1=C[C@@H]2[C@H](CC[C@@]2(C)S(=O)(=O)O)[C@@](C)(O)CC1. The Morgan fingerprint density at radius 3 is 2.40 bits per heavy atom. The molecule has 0 aromatic rings. The summed E-state index contributed by atoms with van der Waals surface area (Å²) in [5, 5.41) is 10.7. The van der Waals surface area contributed by atoms with Crippen LogP contribution in [-0.2, 0) is 10.1 Å². The van der Waals surface area contributed by atoms with Crippen molar-refractivity contribution >= 4 is 10.1 Å². The van der Waals surface area contributed by atoms with E-state index in [1.165, 1.54) is 5.57 Å². The summed E-state index contributed by atoms with van der Waals surface area (Å²) in [6, 6.07) is 0. The van der Waals surface area contributed by atoms with Crippen LogP contribution in [0, 0.1) is 17.8 Å². The molecule has 0 saturated heterocycles. The van der Waals surface area contributed by atoms with E-state index in [-0.39, 0.29) is 11.8 Å². The van der Waals surface area contributed by atoms with Gasteiger partial charge >= 0.3 is 0 Å². The second-order valence-electron chi connectivity index (χ2n) is 7.21. The van der Waals surface area contributed by atoms with Crippen LogP contribution in [0.15, 0.2) is 11.6 Å². The molecule has 0 amide bonds. The Labute approximate surface area is 122 Å². The molecular weight excluding hydrogens is 276 g/mol. The van der Waals surface area contributed by atoms with Crippen molar-refractivity contribution in [1.82, 2.24) is 0 Å². The molecule has 0 aliphatic heterocycles. The molecule has 1 saturated carbocycles. The van der Waals surface area contributed by atoms with Crippen LogP contribution < -0.4 is 0 Å². The first kappa shape index (κ1) is 16.0. The normalized spacial score (nSPS) is 42.2. The Kier molecular flexibility index (Phi) is 3.85. The van der Waals surface area contributed by atoms with Gasteiger partial charge in [0.2, 0.25) is 0 Å². The highest BCUT2D eigenvalue weighted by atomic mass is 32.2. The molecule has 0 unspecified atom stereocenters. The summed E-state index contributed by atoms with van der Waals surface area (Å²) >= 11 is 0. The van der Waals surface area contributed by atoms with E-state index in [9.17, 15) is 18.1 Å². The molecule has 116 valence electrons. The minimum atomic E-state index is -4.14. The number of rotatable bonds is 2. The predicted molar refractivity (Wildman–Crippen MR) is 78.9 cm³/mol. The number of fused-ring (bicyclic) bond motifs is 1. The van der Waals surface area contributed by atoms with Gasteiger partial charge in [0.25, 0.3) is 10.1 Å². The maximum atomic E-state index is 11.9. The quantitative estimate of drug-likeness (QED) is 0.607. The van der Waals surface area contributed by atoms with Gasteiger partial charge in [-0.2, -0.15) is 8.42 Å². The van der Waals surface area contributed by atoms with E-state index in [2.05, 4.69) is 13.8 Å². The van der Waals surface area contributed by atoms with E-state index in [1.807, 2.05) is 6.08 Å². The van der Waals surface area contributed by atoms with Crippen LogP contribution in [0.2, 0.25) is 0 Å². The van der Waals surface area contributed by atoms with Crippen LogP contribution >= 0.6 is 0 Å². The topological polar surface area (TPSA) is 74.6 Å². The molecule has 0 radical (unpaired) electrons. The zero-order valence-corrected chi connectivity index (χ0v) is 13.6. The molecule has 2 aliphatic carbocycles. The van der Waals surface area contributed by atoms with Crippen molar-refractivity contribution in [2.75, 3.05) is 0 Å². The third-order valence-electron chi connectivity index (χ3n) is 5.53. The predicted octanol–water partition coefficient (Wildman–Crippen LogP) is 2.79. The van der Waals surface area contributed by atoms with Crippen molar-refractivity contribution in [3.63, 3.8) is 0 Å². The lowest BCUT2D eigenvalue weighted by Gasteiger charge is -2.35. The van der Waals surface area contributed by atoms with Crippen LogP contribution in [0.25, 0.3) is 0 Å². The maximum absolute atomic E-state index is 11.9. The molecule has 1 fully saturated rings. The second kappa shape index (κ2) is 4.82. The van der Waals surface area contributed by atoms with Gasteiger partial charge < -0.3 is 5.11 Å². The van der Waals surface area contributed by atoms with E-state index in [1.54, 1.807) is 13.8 Å². The highest BCUT2D eigenvalue weighted by Gasteiger charge is 2.57. The van der Waals surface area contributed by atoms with Gasteiger partial charge in [0.05, 0.1) is 5.60 Å². The number of hydrogen-bond acceptors (Lipinski definition) is 3. The Bertz CT molecular complexity index is 518. The van der Waals surface area contributed by atoms with Gasteiger partial charge in [0.15, 0.2) is 0 Å². The van der Waals surface area contributed by atoms with Crippen LogP contribution in [0.4, 0.5) is 0 Å². The molecule has 2 N–H and O–H groups in total. The fraction of sp³-hybridized carbons (Fsp3) is 0.867. The van der Waals surface area contributed by atoms with Gasteiger partial charge in [-0.25, -0.2) is 0 Å². The lowest BCUT2D eigenvalue weighted by molar-refractivity contribution is -0.0161. The van der Waals surface area contributed by atoms with Crippen LogP contribution in [0.1, 0.15) is 53.4 Å². The van der Waals surface area contributed by atoms with Gasteiger partial charge in [-0.3, -0.25) is 4.55 Å². The van der Waals surface area contributed by atoms with E-state index >= 15 is 0 Å². The fourth-order valence-electron chi connectivity index (χ4n) is 3.88. The minimum Gasteiger partial charge on any atom is -0.390 e. The molecule has 0 bridgehead atoms. The van der Waals surface area contributed by atoms with E-state index in [0.29, 0.717) is 25.2 Å². The molecule has 4 nitrogen and oxygen atoms in total. The third kappa shape index (κ3) is 2.44. The number of hydrogen-bond donors (Lipinski definition) is 2. The molecular formula is C15H26O4S.